The van der Waals surface area contributed by atoms with Crippen LogP contribution in [0.4, 0.5) is 5.82 Å². The van der Waals surface area contributed by atoms with Crippen LogP contribution in [0.15, 0.2) is 49.1 Å². The number of nitrogens with one attached hydrogen (secondary N) is 2. The van der Waals surface area contributed by atoms with Gasteiger partial charge in [-0.15, -0.1) is 0 Å². The molecule has 0 aliphatic carbocycles. The minimum atomic E-state index is -5.58. The van der Waals surface area contributed by atoms with E-state index in [1.54, 1.807) is 6.08 Å². The number of nitrogen functional groups attached to an aromatic ring is 1. The Bertz CT molecular complexity index is 2090. The number of hydrogen-bond acceptors (Lipinski definition) is 18. The van der Waals surface area contributed by atoms with Gasteiger partial charge in [0.05, 0.1) is 19.5 Å². The lowest BCUT2D eigenvalue weighted by atomic mass is 9.87. The van der Waals surface area contributed by atoms with Crippen LogP contribution in [0.3, 0.4) is 0 Å². The van der Waals surface area contributed by atoms with Crippen molar-refractivity contribution in [3.05, 3.63) is 54.6 Å². The predicted octanol–water partition coefficient (Wildman–Crippen LogP) is 0.378. The Kier molecular flexibility index (Phi) is 16.4. The van der Waals surface area contributed by atoms with Gasteiger partial charge in [-0.05, 0) is 11.6 Å². The number of carbonyl (C=O) groups is 3. The molecule has 1 fully saturated rings. The SMILES string of the molecule is CC(C)(COP(=O)(O)OP(=O)(O)OC[C@@H]1O[C@@H](n2cnc3c(N)ncnc32)[C@H](O)[C@@H]1OP(=O)(O)O)[C@H](O)C(=O)NCCC(=O)NCCSC(=O)/C=C/c1ccccc1. The minimum Gasteiger partial charge on any atom is -0.386 e. The van der Waals surface area contributed by atoms with E-state index >= 15 is 0 Å². The highest BCUT2D eigenvalue weighted by Gasteiger charge is 2.50. The van der Waals surface area contributed by atoms with Crippen LogP contribution in [0.1, 0.15) is 32.1 Å². The van der Waals surface area contributed by atoms with Crippen molar-refractivity contribution >= 4 is 75.2 Å². The third-order valence-electron chi connectivity index (χ3n) is 7.96. The Hall–Kier alpha value is -3.48. The standard InChI is InChI=1S/C30H42N7O17P3S/c1-30(2,25(41)28(42)33-11-10-20(38)32-12-13-58-21(39)9-8-18-6-4-3-5-7-18)15-51-57(48,49)54-56(46,47)50-14-19-24(53-55(43,44)45)23(40)29(52-19)37-17-36-22-26(31)34-16-35-27(22)37/h3-9,16-17,19,23-25,29,40-41H,10-15H2,1-2H3,(H,32,38)(H,33,42)(H,46,47)(H,48,49)(H2,31,34,35)(H2,43,44,45)/b9-8+/t19-,23+,24+,25+,29+/m0/s1. The third-order valence-corrected chi connectivity index (χ3v) is 11.9. The maximum absolute atomic E-state index is 12.7. The van der Waals surface area contributed by atoms with Crippen molar-refractivity contribution in [1.82, 2.24) is 30.2 Å². The number of rotatable bonds is 21. The van der Waals surface area contributed by atoms with Crippen LogP contribution >= 0.6 is 35.2 Å². The van der Waals surface area contributed by atoms with Crippen molar-refractivity contribution in [2.75, 3.05) is 37.8 Å². The van der Waals surface area contributed by atoms with Gasteiger partial charge in [0.2, 0.25) is 16.9 Å². The summed E-state index contributed by atoms with van der Waals surface area (Å²) in [5.74, 6) is -1.18. The number of nitrogens with zero attached hydrogens (tertiary/aromatic N) is 4. The second-order valence-corrected chi connectivity index (χ2v) is 18.3. The normalized spacial score (nSPS) is 21.4. The fourth-order valence-electron chi connectivity index (χ4n) is 5.06. The van der Waals surface area contributed by atoms with Gasteiger partial charge in [0.15, 0.2) is 17.7 Å². The summed E-state index contributed by atoms with van der Waals surface area (Å²) in [7, 11) is -16.4. The highest BCUT2D eigenvalue weighted by atomic mass is 32.2. The molecule has 3 aromatic rings. The molecule has 1 saturated heterocycles. The van der Waals surface area contributed by atoms with Gasteiger partial charge in [-0.1, -0.05) is 62.0 Å². The molecule has 1 aromatic carbocycles. The second-order valence-electron chi connectivity index (χ2n) is 13.0. The number of benzene rings is 1. The summed E-state index contributed by atoms with van der Waals surface area (Å²) in [5.41, 5.74) is 5.11. The molecule has 10 N–H and O–H groups in total. The molecule has 4 rings (SSSR count). The van der Waals surface area contributed by atoms with Crippen molar-refractivity contribution in [2.45, 2.75) is 50.9 Å². The number of fused-ring (bicyclic) bond motifs is 1. The summed E-state index contributed by atoms with van der Waals surface area (Å²) in [5, 5.41) is 26.2. The van der Waals surface area contributed by atoms with Crippen LogP contribution in [0.2, 0.25) is 0 Å². The summed E-state index contributed by atoms with van der Waals surface area (Å²) >= 11 is 1.00. The maximum Gasteiger partial charge on any atom is 0.481 e. The quantitative estimate of drug-likeness (QED) is 0.0396. The van der Waals surface area contributed by atoms with Gasteiger partial charge in [-0.3, -0.25) is 32.5 Å². The molecule has 0 bridgehead atoms. The molecule has 2 amide bonds. The number of aliphatic hydroxyl groups is 2. The molecule has 2 aromatic heterocycles. The van der Waals surface area contributed by atoms with Crippen molar-refractivity contribution in [2.24, 2.45) is 5.41 Å². The molecule has 320 valence electrons. The smallest absolute Gasteiger partial charge is 0.386 e. The molecule has 24 nitrogen and oxygen atoms in total. The lowest BCUT2D eigenvalue weighted by Crippen LogP contribution is -2.46. The van der Waals surface area contributed by atoms with Crippen LogP contribution in [0.25, 0.3) is 17.2 Å². The summed E-state index contributed by atoms with van der Waals surface area (Å²) in [6.07, 6.45) is -3.86. The van der Waals surface area contributed by atoms with Gasteiger partial charge < -0.3 is 50.9 Å². The molecule has 3 heterocycles. The Morgan fingerprint density at radius 1 is 1.03 bits per heavy atom. The van der Waals surface area contributed by atoms with E-state index in [-0.39, 0.29) is 41.6 Å². The number of carbonyl (C=O) groups excluding carboxylic acids is 3. The van der Waals surface area contributed by atoms with E-state index in [1.165, 1.54) is 19.9 Å². The van der Waals surface area contributed by atoms with Crippen LogP contribution in [0.5, 0.6) is 0 Å². The summed E-state index contributed by atoms with van der Waals surface area (Å²) in [6, 6.07) is 9.21. The largest absolute Gasteiger partial charge is 0.481 e. The number of amides is 2. The molecular formula is C30H42N7O17P3S. The molecule has 1 aliphatic rings. The Labute approximate surface area is 334 Å². The number of anilines is 1. The average molecular weight is 898 g/mol. The number of thioether (sulfide) groups is 1. The average Bonchev–Trinajstić information content (AvgIpc) is 3.71. The van der Waals surface area contributed by atoms with E-state index in [4.69, 9.17) is 19.5 Å². The zero-order valence-electron chi connectivity index (χ0n) is 30.6. The van der Waals surface area contributed by atoms with E-state index in [1.807, 2.05) is 30.3 Å². The van der Waals surface area contributed by atoms with Gasteiger partial charge in [0.25, 0.3) is 0 Å². The number of aromatic nitrogens is 4. The van der Waals surface area contributed by atoms with Crippen LogP contribution < -0.4 is 16.4 Å². The number of hydrogen-bond donors (Lipinski definition) is 9. The van der Waals surface area contributed by atoms with Gasteiger partial charge in [-0.25, -0.2) is 28.6 Å². The van der Waals surface area contributed by atoms with Gasteiger partial charge in [-0.2, -0.15) is 4.31 Å². The minimum absolute atomic E-state index is 0.0285. The number of phosphoric ester groups is 3. The van der Waals surface area contributed by atoms with E-state index in [0.29, 0.717) is 5.75 Å². The number of phosphoric acid groups is 3. The van der Waals surface area contributed by atoms with E-state index in [9.17, 15) is 57.9 Å². The zero-order chi connectivity index (χ0) is 42.9. The van der Waals surface area contributed by atoms with Crippen LogP contribution in [-0.4, -0.2) is 123 Å². The van der Waals surface area contributed by atoms with E-state index in [2.05, 4.69) is 34.4 Å². The molecule has 58 heavy (non-hydrogen) atoms. The first-order valence-electron chi connectivity index (χ1n) is 16.9. The van der Waals surface area contributed by atoms with Crippen molar-refractivity contribution < 1.29 is 80.5 Å². The molecule has 7 atom stereocenters. The highest BCUT2D eigenvalue weighted by Crippen LogP contribution is 2.61. The highest BCUT2D eigenvalue weighted by molar-refractivity contribution is 8.14. The summed E-state index contributed by atoms with van der Waals surface area (Å²) < 4.78 is 62.1. The fraction of sp³-hybridized carbons (Fsp3) is 0.467. The first-order chi connectivity index (χ1) is 27.1. The molecule has 0 radical (unpaired) electrons. The first-order valence-corrected chi connectivity index (χ1v) is 22.4. The Balaban J connectivity index is 1.21. The molecule has 0 saturated carbocycles. The first kappa shape index (κ1) is 47.2. The number of nitrogens with two attached hydrogens (primary N) is 1. The van der Waals surface area contributed by atoms with Crippen molar-refractivity contribution in [3.63, 3.8) is 0 Å². The fourth-order valence-corrected chi connectivity index (χ4v) is 8.46. The lowest BCUT2D eigenvalue weighted by molar-refractivity contribution is -0.137. The predicted molar refractivity (Wildman–Crippen MR) is 203 cm³/mol. The zero-order valence-corrected chi connectivity index (χ0v) is 34.1. The van der Waals surface area contributed by atoms with E-state index in [0.717, 1.165) is 34.5 Å². The monoisotopic (exact) mass is 897 g/mol. The second kappa shape index (κ2) is 20.2. The van der Waals surface area contributed by atoms with Crippen molar-refractivity contribution in [1.29, 1.82) is 0 Å². The molecule has 1 aliphatic heterocycles. The Morgan fingerprint density at radius 3 is 2.41 bits per heavy atom. The third kappa shape index (κ3) is 14.1. The molecule has 0 spiro atoms. The van der Waals surface area contributed by atoms with Crippen LogP contribution in [-0.2, 0) is 50.7 Å². The summed E-state index contributed by atoms with van der Waals surface area (Å²) in [6.45, 7) is 0.432. The number of aliphatic hydroxyl groups excluding tert-OH is 2. The topological polar surface area (TPSA) is 364 Å². The maximum atomic E-state index is 12.7. The Morgan fingerprint density at radius 2 is 1.72 bits per heavy atom. The molecular weight excluding hydrogens is 855 g/mol. The van der Waals surface area contributed by atoms with Crippen molar-refractivity contribution in [3.8, 4) is 0 Å². The van der Waals surface area contributed by atoms with Gasteiger partial charge in [0.1, 0.15) is 36.3 Å². The molecule has 28 heteroatoms. The number of ether oxygens (including phenoxy) is 1. The van der Waals surface area contributed by atoms with Crippen LogP contribution in [0, 0.1) is 5.41 Å². The molecule has 2 unspecified atom stereocenters. The number of imidazole rings is 1. The van der Waals surface area contributed by atoms with Gasteiger partial charge in [0, 0.05) is 30.7 Å². The van der Waals surface area contributed by atoms with E-state index < -0.39 is 84.6 Å². The lowest BCUT2D eigenvalue weighted by Gasteiger charge is -2.30. The summed E-state index contributed by atoms with van der Waals surface area (Å²) in [4.78, 5) is 87.7. The van der Waals surface area contributed by atoms with Gasteiger partial charge >= 0.3 is 23.5 Å².